The van der Waals surface area contributed by atoms with Crippen molar-refractivity contribution in [3.63, 3.8) is 0 Å². The third-order valence-electron chi connectivity index (χ3n) is 3.34. The molecular formula is C14H20N2O4. The highest BCUT2D eigenvalue weighted by atomic mass is 16.5. The van der Waals surface area contributed by atoms with Gasteiger partial charge in [0.1, 0.15) is 11.3 Å². The maximum atomic E-state index is 12.1. The molecule has 2 N–H and O–H groups in total. The number of rotatable bonds is 4. The van der Waals surface area contributed by atoms with Crippen LogP contribution in [0.1, 0.15) is 19.4 Å². The lowest BCUT2D eigenvalue weighted by atomic mass is 10.0. The Morgan fingerprint density at radius 3 is 2.40 bits per heavy atom. The van der Waals surface area contributed by atoms with Crippen LogP contribution in [-0.2, 0) is 4.79 Å². The average Bonchev–Trinajstić information content (AvgIpc) is 2.39. The van der Waals surface area contributed by atoms with Crippen LogP contribution in [0.5, 0.6) is 5.75 Å². The number of hydrogen-bond acceptors (Lipinski definition) is 3. The number of carboxylic acid groups (broad SMARTS) is 1. The second kappa shape index (κ2) is 5.81. The molecule has 0 radical (unpaired) electrons. The van der Waals surface area contributed by atoms with E-state index in [1.807, 2.05) is 6.92 Å². The van der Waals surface area contributed by atoms with Crippen LogP contribution < -0.4 is 10.1 Å². The summed E-state index contributed by atoms with van der Waals surface area (Å²) >= 11 is 0. The number of carbonyl (C=O) groups is 2. The Kier molecular flexibility index (Phi) is 4.60. The molecule has 6 heteroatoms. The van der Waals surface area contributed by atoms with Gasteiger partial charge < -0.3 is 20.1 Å². The molecular weight excluding hydrogens is 260 g/mol. The lowest BCUT2D eigenvalue weighted by Crippen LogP contribution is -2.52. The monoisotopic (exact) mass is 280 g/mol. The number of anilines is 1. The van der Waals surface area contributed by atoms with E-state index in [0.29, 0.717) is 11.4 Å². The fraction of sp³-hybridized carbons (Fsp3) is 0.429. The molecule has 0 saturated carbocycles. The van der Waals surface area contributed by atoms with Crippen LogP contribution in [0.4, 0.5) is 10.5 Å². The van der Waals surface area contributed by atoms with Gasteiger partial charge in [-0.15, -0.1) is 0 Å². The van der Waals surface area contributed by atoms with Gasteiger partial charge in [0.2, 0.25) is 0 Å². The second-order valence-electron chi connectivity index (χ2n) is 5.03. The zero-order chi connectivity index (χ0) is 15.5. The van der Waals surface area contributed by atoms with Crippen LogP contribution in [0.25, 0.3) is 0 Å². The maximum absolute atomic E-state index is 12.1. The SMILES string of the molecule is COc1ccc(NC(=O)N(C)C(C)(C)C(=O)O)c(C)c1. The van der Waals surface area contributed by atoms with Crippen molar-refractivity contribution in [1.82, 2.24) is 4.90 Å². The molecule has 0 aliphatic carbocycles. The van der Waals surface area contributed by atoms with Crippen LogP contribution in [0, 0.1) is 6.92 Å². The lowest BCUT2D eigenvalue weighted by molar-refractivity contribution is -0.146. The summed E-state index contributed by atoms with van der Waals surface area (Å²) in [5.74, 6) is -0.374. The first-order valence-corrected chi connectivity index (χ1v) is 6.13. The summed E-state index contributed by atoms with van der Waals surface area (Å²) in [5.41, 5.74) is 0.160. The number of carbonyl (C=O) groups excluding carboxylic acids is 1. The summed E-state index contributed by atoms with van der Waals surface area (Å²) in [6.07, 6.45) is 0. The largest absolute Gasteiger partial charge is 0.497 e. The zero-order valence-electron chi connectivity index (χ0n) is 12.4. The summed E-state index contributed by atoms with van der Waals surface area (Å²) in [6, 6.07) is 4.75. The van der Waals surface area contributed by atoms with Crippen molar-refractivity contribution >= 4 is 17.7 Å². The number of aryl methyl sites for hydroxylation is 1. The molecule has 20 heavy (non-hydrogen) atoms. The third kappa shape index (κ3) is 3.20. The minimum atomic E-state index is -1.29. The van der Waals surface area contributed by atoms with E-state index in [0.717, 1.165) is 10.5 Å². The highest BCUT2D eigenvalue weighted by Crippen LogP contribution is 2.22. The van der Waals surface area contributed by atoms with E-state index >= 15 is 0 Å². The van der Waals surface area contributed by atoms with Gasteiger partial charge in [0, 0.05) is 12.7 Å². The van der Waals surface area contributed by atoms with Crippen molar-refractivity contribution in [2.45, 2.75) is 26.3 Å². The van der Waals surface area contributed by atoms with E-state index in [1.165, 1.54) is 20.9 Å². The number of nitrogens with zero attached hydrogens (tertiary/aromatic N) is 1. The quantitative estimate of drug-likeness (QED) is 0.887. The Balaban J connectivity index is 2.89. The summed E-state index contributed by atoms with van der Waals surface area (Å²) in [7, 11) is 3.01. The van der Waals surface area contributed by atoms with Crippen LogP contribution >= 0.6 is 0 Å². The zero-order valence-corrected chi connectivity index (χ0v) is 12.4. The van der Waals surface area contributed by atoms with Crippen LogP contribution in [0.15, 0.2) is 18.2 Å². The van der Waals surface area contributed by atoms with E-state index in [4.69, 9.17) is 9.84 Å². The maximum Gasteiger partial charge on any atom is 0.329 e. The number of hydrogen-bond donors (Lipinski definition) is 2. The Hall–Kier alpha value is -2.24. The molecule has 0 saturated heterocycles. The van der Waals surface area contributed by atoms with Crippen molar-refractivity contribution in [1.29, 1.82) is 0 Å². The Bertz CT molecular complexity index is 526. The molecule has 0 aromatic heterocycles. The summed E-state index contributed by atoms with van der Waals surface area (Å²) in [6.45, 7) is 4.77. The molecule has 0 bridgehead atoms. The minimum Gasteiger partial charge on any atom is -0.497 e. The number of likely N-dealkylation sites (N-methyl/N-ethyl adjacent to an activating group) is 1. The van der Waals surface area contributed by atoms with Gasteiger partial charge in [-0.3, -0.25) is 0 Å². The van der Waals surface area contributed by atoms with E-state index in [9.17, 15) is 9.59 Å². The van der Waals surface area contributed by atoms with Crippen LogP contribution in [0.2, 0.25) is 0 Å². The van der Waals surface area contributed by atoms with E-state index < -0.39 is 17.5 Å². The molecule has 1 aromatic rings. The van der Waals surface area contributed by atoms with E-state index in [-0.39, 0.29) is 0 Å². The summed E-state index contributed by atoms with van der Waals surface area (Å²) < 4.78 is 5.09. The number of nitrogens with one attached hydrogen (secondary N) is 1. The summed E-state index contributed by atoms with van der Waals surface area (Å²) in [5, 5.41) is 11.8. The molecule has 0 fully saturated rings. The molecule has 0 atom stereocenters. The minimum absolute atomic E-state index is 0.481. The number of ether oxygens (including phenoxy) is 1. The van der Waals surface area contributed by atoms with Crippen LogP contribution in [0.3, 0.4) is 0 Å². The first-order valence-electron chi connectivity index (χ1n) is 6.13. The van der Waals surface area contributed by atoms with Gasteiger partial charge in [-0.05, 0) is 44.5 Å². The van der Waals surface area contributed by atoms with Crippen LogP contribution in [-0.4, -0.2) is 41.7 Å². The van der Waals surface area contributed by atoms with Crippen molar-refractivity contribution in [2.24, 2.45) is 0 Å². The first kappa shape index (κ1) is 15.8. The van der Waals surface area contributed by atoms with Crippen molar-refractivity contribution < 1.29 is 19.4 Å². The van der Waals surface area contributed by atoms with Gasteiger partial charge in [-0.1, -0.05) is 0 Å². The molecule has 1 aromatic carbocycles. The fourth-order valence-corrected chi connectivity index (χ4v) is 1.50. The number of aliphatic carboxylic acids is 1. The molecule has 2 amide bonds. The predicted octanol–water partition coefficient (Wildman–Crippen LogP) is 2.33. The number of amides is 2. The topological polar surface area (TPSA) is 78.9 Å². The van der Waals surface area contributed by atoms with Gasteiger partial charge in [-0.2, -0.15) is 0 Å². The Labute approximate surface area is 118 Å². The number of benzene rings is 1. The molecule has 6 nitrogen and oxygen atoms in total. The molecule has 0 spiro atoms. The molecule has 0 aliphatic rings. The highest BCUT2D eigenvalue weighted by Gasteiger charge is 2.35. The molecule has 0 aliphatic heterocycles. The number of urea groups is 1. The van der Waals surface area contributed by atoms with E-state index in [1.54, 1.807) is 25.3 Å². The molecule has 0 unspecified atom stereocenters. The van der Waals surface area contributed by atoms with Gasteiger partial charge in [0.15, 0.2) is 0 Å². The van der Waals surface area contributed by atoms with Gasteiger partial charge in [0.25, 0.3) is 0 Å². The molecule has 0 heterocycles. The smallest absolute Gasteiger partial charge is 0.329 e. The predicted molar refractivity (Wildman–Crippen MR) is 76.2 cm³/mol. The normalized spacial score (nSPS) is 10.8. The number of methoxy groups -OCH3 is 1. The van der Waals surface area contributed by atoms with Gasteiger partial charge in [0.05, 0.1) is 7.11 Å². The van der Waals surface area contributed by atoms with Gasteiger partial charge in [-0.25, -0.2) is 9.59 Å². The van der Waals surface area contributed by atoms with Crippen molar-refractivity contribution in [3.05, 3.63) is 23.8 Å². The molecule has 1 rings (SSSR count). The van der Waals surface area contributed by atoms with Crippen molar-refractivity contribution in [3.8, 4) is 5.75 Å². The first-order chi connectivity index (χ1) is 9.20. The fourth-order valence-electron chi connectivity index (χ4n) is 1.50. The van der Waals surface area contributed by atoms with E-state index in [2.05, 4.69) is 5.32 Å². The second-order valence-corrected chi connectivity index (χ2v) is 5.03. The van der Waals surface area contributed by atoms with Crippen molar-refractivity contribution in [2.75, 3.05) is 19.5 Å². The Morgan fingerprint density at radius 2 is 1.95 bits per heavy atom. The highest BCUT2D eigenvalue weighted by molar-refractivity contribution is 5.94. The molecule has 110 valence electrons. The van der Waals surface area contributed by atoms with Gasteiger partial charge >= 0.3 is 12.0 Å². The standard InChI is InChI=1S/C14H20N2O4/c1-9-8-10(20-5)6-7-11(9)15-13(19)16(4)14(2,3)12(17)18/h6-8H,1-5H3,(H,15,19)(H,17,18). The third-order valence-corrected chi connectivity index (χ3v) is 3.34. The summed E-state index contributed by atoms with van der Waals surface area (Å²) in [4.78, 5) is 24.4. The number of carboxylic acids is 1. The lowest BCUT2D eigenvalue weighted by Gasteiger charge is -2.31. The average molecular weight is 280 g/mol. The Morgan fingerprint density at radius 1 is 1.35 bits per heavy atom.